The van der Waals surface area contributed by atoms with Crippen LogP contribution in [0, 0.1) is 13.8 Å². The van der Waals surface area contributed by atoms with Gasteiger partial charge >= 0.3 is 0 Å². The van der Waals surface area contributed by atoms with Crippen molar-refractivity contribution in [3.05, 3.63) is 64.6 Å². The van der Waals surface area contributed by atoms with E-state index in [1.54, 1.807) is 12.4 Å². The standard InChI is InChI=1S/C19H22N4O3/c1-13-17(14(2)26-22-13)11-24-12-18-19-16(5-8-25-18)10-23(21-19)9-15-3-6-20-7-4-15/h3-4,6-7,10,18H,5,8-9,11-12H2,1-2H3/t18-/m1/s1. The van der Waals surface area contributed by atoms with Gasteiger partial charge in [0.05, 0.1) is 37.8 Å². The van der Waals surface area contributed by atoms with E-state index in [0.29, 0.717) is 19.8 Å². The maximum Gasteiger partial charge on any atom is 0.139 e. The van der Waals surface area contributed by atoms with E-state index in [9.17, 15) is 0 Å². The van der Waals surface area contributed by atoms with Crippen molar-refractivity contribution < 1.29 is 14.0 Å². The quantitative estimate of drug-likeness (QED) is 0.677. The molecule has 0 saturated carbocycles. The van der Waals surface area contributed by atoms with Crippen LogP contribution in [0.15, 0.2) is 35.2 Å². The second kappa shape index (κ2) is 7.39. The van der Waals surface area contributed by atoms with Crippen LogP contribution in [0.3, 0.4) is 0 Å². The minimum absolute atomic E-state index is 0.141. The van der Waals surface area contributed by atoms with Crippen LogP contribution in [-0.2, 0) is 29.0 Å². The Kier molecular flexibility index (Phi) is 4.81. The zero-order valence-corrected chi connectivity index (χ0v) is 15.0. The molecule has 0 spiro atoms. The van der Waals surface area contributed by atoms with Crippen LogP contribution < -0.4 is 0 Å². The van der Waals surface area contributed by atoms with E-state index in [4.69, 9.17) is 19.1 Å². The molecule has 1 atom stereocenters. The number of fused-ring (bicyclic) bond motifs is 1. The summed E-state index contributed by atoms with van der Waals surface area (Å²) in [4.78, 5) is 4.05. The average molecular weight is 354 g/mol. The first-order valence-electron chi connectivity index (χ1n) is 8.77. The van der Waals surface area contributed by atoms with Crippen molar-refractivity contribution in [3.63, 3.8) is 0 Å². The third-order valence-corrected chi connectivity index (χ3v) is 4.66. The molecule has 0 bridgehead atoms. The maximum atomic E-state index is 5.90. The third-order valence-electron chi connectivity index (χ3n) is 4.66. The summed E-state index contributed by atoms with van der Waals surface area (Å²) in [6, 6.07) is 4.00. The fraction of sp³-hybridized carbons (Fsp3) is 0.421. The normalized spacial score (nSPS) is 16.6. The van der Waals surface area contributed by atoms with Crippen molar-refractivity contribution in [1.29, 1.82) is 0 Å². The van der Waals surface area contributed by atoms with Gasteiger partial charge in [0.15, 0.2) is 0 Å². The van der Waals surface area contributed by atoms with E-state index >= 15 is 0 Å². The lowest BCUT2D eigenvalue weighted by molar-refractivity contribution is -0.0323. The van der Waals surface area contributed by atoms with Crippen molar-refractivity contribution in [2.24, 2.45) is 0 Å². The molecule has 0 unspecified atom stereocenters. The van der Waals surface area contributed by atoms with E-state index in [-0.39, 0.29) is 6.10 Å². The van der Waals surface area contributed by atoms with Crippen LogP contribution in [0.1, 0.15) is 39.9 Å². The molecule has 0 amide bonds. The number of hydrogen-bond donors (Lipinski definition) is 0. The molecule has 0 aliphatic carbocycles. The van der Waals surface area contributed by atoms with Gasteiger partial charge in [-0.2, -0.15) is 5.10 Å². The molecule has 0 fully saturated rings. The largest absolute Gasteiger partial charge is 0.373 e. The summed E-state index contributed by atoms with van der Waals surface area (Å²) in [7, 11) is 0. The summed E-state index contributed by atoms with van der Waals surface area (Å²) >= 11 is 0. The Bertz CT molecular complexity index is 853. The lowest BCUT2D eigenvalue weighted by Crippen LogP contribution is -2.20. The van der Waals surface area contributed by atoms with Gasteiger partial charge in [0.25, 0.3) is 0 Å². The predicted octanol–water partition coefficient (Wildman–Crippen LogP) is 2.76. The zero-order chi connectivity index (χ0) is 17.9. The van der Waals surface area contributed by atoms with Gasteiger partial charge in [0.2, 0.25) is 0 Å². The van der Waals surface area contributed by atoms with Crippen LogP contribution in [0.5, 0.6) is 0 Å². The van der Waals surface area contributed by atoms with Crippen LogP contribution >= 0.6 is 0 Å². The molecular weight excluding hydrogens is 332 g/mol. The SMILES string of the molecule is Cc1noc(C)c1COC[C@H]1OCCc2cn(Cc3ccncc3)nc21. The van der Waals surface area contributed by atoms with Crippen LogP contribution in [0.2, 0.25) is 0 Å². The number of pyridine rings is 1. The van der Waals surface area contributed by atoms with E-state index in [1.165, 1.54) is 11.1 Å². The second-order valence-corrected chi connectivity index (χ2v) is 6.52. The summed E-state index contributed by atoms with van der Waals surface area (Å²) in [6.45, 7) is 6.16. The number of ether oxygens (including phenoxy) is 2. The fourth-order valence-electron chi connectivity index (χ4n) is 3.19. The highest BCUT2D eigenvalue weighted by molar-refractivity contribution is 5.23. The van der Waals surface area contributed by atoms with Crippen molar-refractivity contribution >= 4 is 0 Å². The molecule has 7 nitrogen and oxygen atoms in total. The lowest BCUT2D eigenvalue weighted by atomic mass is 10.1. The van der Waals surface area contributed by atoms with E-state index < -0.39 is 0 Å². The Morgan fingerprint density at radius 3 is 2.88 bits per heavy atom. The minimum Gasteiger partial charge on any atom is -0.373 e. The summed E-state index contributed by atoms with van der Waals surface area (Å²) in [5.41, 5.74) is 5.26. The van der Waals surface area contributed by atoms with Crippen molar-refractivity contribution in [1.82, 2.24) is 19.9 Å². The summed E-state index contributed by atoms with van der Waals surface area (Å²) in [5, 5.41) is 8.69. The first kappa shape index (κ1) is 16.9. The van der Waals surface area contributed by atoms with Gasteiger partial charge in [0, 0.05) is 24.2 Å². The monoisotopic (exact) mass is 354 g/mol. The second-order valence-electron chi connectivity index (χ2n) is 6.52. The van der Waals surface area contributed by atoms with Crippen LogP contribution in [0.25, 0.3) is 0 Å². The molecular formula is C19H22N4O3. The van der Waals surface area contributed by atoms with Gasteiger partial charge < -0.3 is 14.0 Å². The van der Waals surface area contributed by atoms with Gasteiger partial charge in [0.1, 0.15) is 11.9 Å². The van der Waals surface area contributed by atoms with Gasteiger partial charge in [-0.1, -0.05) is 5.16 Å². The van der Waals surface area contributed by atoms with Gasteiger partial charge in [-0.05, 0) is 43.5 Å². The Hall–Kier alpha value is -2.51. The Morgan fingerprint density at radius 2 is 2.12 bits per heavy atom. The fourth-order valence-corrected chi connectivity index (χ4v) is 3.19. The Morgan fingerprint density at radius 1 is 1.27 bits per heavy atom. The first-order chi connectivity index (χ1) is 12.7. The topological polar surface area (TPSA) is 75.2 Å². The highest BCUT2D eigenvalue weighted by Gasteiger charge is 2.25. The molecule has 7 heteroatoms. The molecule has 4 rings (SSSR count). The van der Waals surface area contributed by atoms with E-state index in [2.05, 4.69) is 16.3 Å². The van der Waals surface area contributed by atoms with Crippen LogP contribution in [0.4, 0.5) is 0 Å². The number of nitrogens with zero attached hydrogens (tertiary/aromatic N) is 4. The molecule has 4 heterocycles. The number of aryl methyl sites for hydroxylation is 2. The molecule has 1 aliphatic heterocycles. The lowest BCUT2D eigenvalue weighted by Gasteiger charge is -2.21. The van der Waals surface area contributed by atoms with Crippen molar-refractivity contribution in [3.8, 4) is 0 Å². The Balaban J connectivity index is 1.42. The highest BCUT2D eigenvalue weighted by Crippen LogP contribution is 2.27. The van der Waals surface area contributed by atoms with Crippen molar-refractivity contribution in [2.45, 2.75) is 39.5 Å². The van der Waals surface area contributed by atoms with E-state index in [1.807, 2.05) is 30.7 Å². The third kappa shape index (κ3) is 3.54. The van der Waals surface area contributed by atoms with Gasteiger partial charge in [-0.3, -0.25) is 9.67 Å². The minimum atomic E-state index is -0.141. The molecule has 1 aliphatic rings. The average Bonchev–Trinajstić information content (AvgIpc) is 3.20. The molecule has 3 aromatic rings. The van der Waals surface area contributed by atoms with E-state index in [0.717, 1.165) is 35.7 Å². The molecule has 136 valence electrons. The molecule has 26 heavy (non-hydrogen) atoms. The number of rotatable bonds is 6. The Labute approximate surface area is 151 Å². The van der Waals surface area contributed by atoms with Gasteiger partial charge in [-0.15, -0.1) is 0 Å². The number of hydrogen-bond acceptors (Lipinski definition) is 6. The smallest absolute Gasteiger partial charge is 0.139 e. The zero-order valence-electron chi connectivity index (χ0n) is 15.0. The molecule has 0 saturated heterocycles. The first-order valence-corrected chi connectivity index (χ1v) is 8.77. The number of aromatic nitrogens is 4. The molecule has 0 radical (unpaired) electrons. The summed E-state index contributed by atoms with van der Waals surface area (Å²) < 4.78 is 18.9. The summed E-state index contributed by atoms with van der Waals surface area (Å²) in [5.74, 6) is 0.800. The highest BCUT2D eigenvalue weighted by atomic mass is 16.5. The van der Waals surface area contributed by atoms with Crippen LogP contribution in [-0.4, -0.2) is 33.1 Å². The van der Waals surface area contributed by atoms with Gasteiger partial charge in [-0.25, -0.2) is 0 Å². The maximum absolute atomic E-state index is 5.90. The van der Waals surface area contributed by atoms with Crippen molar-refractivity contribution in [2.75, 3.05) is 13.2 Å². The molecule has 0 aromatic carbocycles. The molecule has 3 aromatic heterocycles. The summed E-state index contributed by atoms with van der Waals surface area (Å²) in [6.07, 6.45) is 6.45. The molecule has 0 N–H and O–H groups in total. The predicted molar refractivity (Wildman–Crippen MR) is 93.6 cm³/mol.